The summed E-state index contributed by atoms with van der Waals surface area (Å²) in [6, 6.07) is 0.0768. The summed E-state index contributed by atoms with van der Waals surface area (Å²) in [6.45, 7) is 6.94. The average molecular weight is 342 g/mol. The van der Waals surface area contributed by atoms with E-state index in [1.54, 1.807) is 13.8 Å². The van der Waals surface area contributed by atoms with Gasteiger partial charge in [-0.2, -0.15) is 0 Å². The van der Waals surface area contributed by atoms with Gasteiger partial charge in [0.25, 0.3) is 0 Å². The molecule has 1 heterocycles. The van der Waals surface area contributed by atoms with Gasteiger partial charge in [0.15, 0.2) is 9.84 Å². The van der Waals surface area contributed by atoms with Crippen LogP contribution in [-0.2, 0) is 20.4 Å². The zero-order valence-electron chi connectivity index (χ0n) is 14.3. The van der Waals surface area contributed by atoms with Crippen LogP contribution in [0.25, 0.3) is 0 Å². The van der Waals surface area contributed by atoms with E-state index in [1.807, 2.05) is 0 Å². The van der Waals surface area contributed by atoms with E-state index in [2.05, 4.69) is 17.4 Å². The summed E-state index contributed by atoms with van der Waals surface area (Å²) in [4.78, 5) is 12.4. The molecule has 1 fully saturated rings. The number of nitrogens with one attached hydrogen (secondary N) is 1. The fourth-order valence-electron chi connectivity index (χ4n) is 3.03. The van der Waals surface area contributed by atoms with Crippen molar-refractivity contribution in [2.45, 2.75) is 70.4 Å². The number of hydrogen-bond acceptors (Lipinski definition) is 5. The van der Waals surface area contributed by atoms with Gasteiger partial charge in [-0.25, -0.2) is 8.42 Å². The molecule has 0 aliphatic heterocycles. The lowest BCUT2D eigenvalue weighted by atomic mass is 9.86. The zero-order chi connectivity index (χ0) is 17.2. The van der Waals surface area contributed by atoms with Crippen LogP contribution in [0.2, 0.25) is 0 Å². The number of aryl methyl sites for hydroxylation is 2. The molecule has 0 radical (unpaired) electrons. The summed E-state index contributed by atoms with van der Waals surface area (Å²) < 4.78 is 30.1. The van der Waals surface area contributed by atoms with Crippen molar-refractivity contribution < 1.29 is 17.7 Å². The van der Waals surface area contributed by atoms with Crippen molar-refractivity contribution in [3.05, 3.63) is 17.0 Å². The molecular weight excluding hydrogens is 316 g/mol. The molecule has 2 rings (SSSR count). The number of nitrogens with zero attached hydrogens (tertiary/aromatic N) is 1. The molecule has 1 aliphatic carbocycles. The molecule has 0 spiro atoms. The van der Waals surface area contributed by atoms with Crippen molar-refractivity contribution in [3.8, 4) is 0 Å². The van der Waals surface area contributed by atoms with Crippen molar-refractivity contribution in [1.82, 2.24) is 10.5 Å². The quantitative estimate of drug-likeness (QED) is 0.887. The van der Waals surface area contributed by atoms with E-state index < -0.39 is 21.0 Å². The molecule has 1 saturated carbocycles. The van der Waals surface area contributed by atoms with Crippen LogP contribution in [0.3, 0.4) is 0 Å². The van der Waals surface area contributed by atoms with Crippen molar-refractivity contribution >= 4 is 15.7 Å². The van der Waals surface area contributed by atoms with Crippen molar-refractivity contribution in [2.24, 2.45) is 5.92 Å². The van der Waals surface area contributed by atoms with Gasteiger partial charge in [-0.1, -0.05) is 24.9 Å². The molecule has 3 atom stereocenters. The standard InChI is InChI=1S/C16H26N2O4S/c1-10-7-5-6-8-15(10)17-16(19)13(4)23(20,21)9-14-11(2)18-22-12(14)3/h10,13,15H,5-9H2,1-4H3,(H,17,19)/t10-,13+,15+/m0/s1. The lowest BCUT2D eigenvalue weighted by molar-refractivity contribution is -0.121. The number of sulfone groups is 1. The molecule has 1 aromatic heterocycles. The molecule has 0 bridgehead atoms. The van der Waals surface area contributed by atoms with Gasteiger partial charge in [0.1, 0.15) is 11.0 Å². The van der Waals surface area contributed by atoms with Gasteiger partial charge in [-0.05, 0) is 39.5 Å². The van der Waals surface area contributed by atoms with E-state index in [4.69, 9.17) is 4.52 Å². The van der Waals surface area contributed by atoms with Gasteiger partial charge < -0.3 is 9.84 Å². The molecule has 130 valence electrons. The highest BCUT2D eigenvalue weighted by atomic mass is 32.2. The molecule has 0 unspecified atom stereocenters. The molecule has 1 aromatic rings. The van der Waals surface area contributed by atoms with Crippen LogP contribution in [0.1, 0.15) is 56.5 Å². The number of rotatable bonds is 5. The Kier molecular flexibility index (Phi) is 5.49. The molecule has 23 heavy (non-hydrogen) atoms. The number of amides is 1. The Balaban J connectivity index is 2.05. The van der Waals surface area contributed by atoms with E-state index in [0.717, 1.165) is 19.3 Å². The molecule has 1 aliphatic rings. The summed E-state index contributed by atoms with van der Waals surface area (Å²) in [6.07, 6.45) is 4.25. The summed E-state index contributed by atoms with van der Waals surface area (Å²) in [5.41, 5.74) is 1.11. The van der Waals surface area contributed by atoms with Crippen LogP contribution in [0.4, 0.5) is 0 Å². The van der Waals surface area contributed by atoms with Gasteiger partial charge in [0.2, 0.25) is 5.91 Å². The maximum Gasteiger partial charge on any atom is 0.238 e. The monoisotopic (exact) mass is 342 g/mol. The highest BCUT2D eigenvalue weighted by Gasteiger charge is 2.32. The van der Waals surface area contributed by atoms with E-state index in [9.17, 15) is 13.2 Å². The maximum absolute atomic E-state index is 12.5. The van der Waals surface area contributed by atoms with Crippen LogP contribution in [0, 0.1) is 19.8 Å². The first-order valence-corrected chi connectivity index (χ1v) is 9.87. The Labute approximate surface area is 137 Å². The van der Waals surface area contributed by atoms with Crippen LogP contribution in [0.5, 0.6) is 0 Å². The van der Waals surface area contributed by atoms with E-state index in [0.29, 0.717) is 22.9 Å². The Morgan fingerprint density at radius 1 is 1.35 bits per heavy atom. The van der Waals surface area contributed by atoms with Gasteiger partial charge in [0.05, 0.1) is 11.4 Å². The molecule has 0 saturated heterocycles. The van der Waals surface area contributed by atoms with E-state index >= 15 is 0 Å². The fraction of sp³-hybridized carbons (Fsp3) is 0.750. The SMILES string of the molecule is Cc1noc(C)c1CS(=O)(=O)[C@H](C)C(=O)N[C@@H]1CCCC[C@@H]1C. The summed E-state index contributed by atoms with van der Waals surface area (Å²) in [5.74, 6) is 0.253. The van der Waals surface area contributed by atoms with Gasteiger partial charge in [-0.3, -0.25) is 4.79 Å². The van der Waals surface area contributed by atoms with E-state index in [-0.39, 0.29) is 11.8 Å². The predicted octanol–water partition coefficient (Wildman–Crippen LogP) is 2.29. The third-order valence-corrected chi connectivity index (χ3v) is 6.86. The fourth-order valence-corrected chi connectivity index (χ4v) is 4.49. The largest absolute Gasteiger partial charge is 0.361 e. The minimum atomic E-state index is -3.61. The molecule has 7 heteroatoms. The van der Waals surface area contributed by atoms with Crippen LogP contribution in [-0.4, -0.2) is 30.8 Å². The third-order valence-electron chi connectivity index (χ3n) is 4.87. The smallest absolute Gasteiger partial charge is 0.238 e. The van der Waals surface area contributed by atoms with Crippen LogP contribution >= 0.6 is 0 Å². The minimum Gasteiger partial charge on any atom is -0.361 e. The summed E-state index contributed by atoms with van der Waals surface area (Å²) in [7, 11) is -3.61. The second-order valence-corrected chi connectivity index (χ2v) is 8.95. The first-order valence-electron chi connectivity index (χ1n) is 8.16. The minimum absolute atomic E-state index is 0.0768. The topological polar surface area (TPSA) is 89.3 Å². The van der Waals surface area contributed by atoms with Gasteiger partial charge in [0, 0.05) is 11.6 Å². The second kappa shape index (κ2) is 7.03. The molecule has 0 aromatic carbocycles. The maximum atomic E-state index is 12.5. The van der Waals surface area contributed by atoms with E-state index in [1.165, 1.54) is 13.3 Å². The first-order chi connectivity index (χ1) is 10.7. The Hall–Kier alpha value is -1.37. The van der Waals surface area contributed by atoms with Crippen molar-refractivity contribution in [1.29, 1.82) is 0 Å². The second-order valence-electron chi connectivity index (χ2n) is 6.63. The van der Waals surface area contributed by atoms with Crippen LogP contribution < -0.4 is 5.32 Å². The molecular formula is C16H26N2O4S. The first kappa shape index (κ1) is 18.0. The van der Waals surface area contributed by atoms with Gasteiger partial charge in [-0.15, -0.1) is 0 Å². The Morgan fingerprint density at radius 3 is 2.57 bits per heavy atom. The third kappa shape index (κ3) is 4.13. The highest BCUT2D eigenvalue weighted by Crippen LogP contribution is 2.24. The molecule has 1 N–H and O–H groups in total. The lowest BCUT2D eigenvalue weighted by Crippen LogP contribution is -2.47. The number of carbonyl (C=O) groups excluding carboxylic acids is 1. The number of carbonyl (C=O) groups is 1. The van der Waals surface area contributed by atoms with Gasteiger partial charge >= 0.3 is 0 Å². The Morgan fingerprint density at radius 2 is 2.00 bits per heavy atom. The summed E-state index contributed by atoms with van der Waals surface area (Å²) in [5, 5.41) is 5.62. The lowest BCUT2D eigenvalue weighted by Gasteiger charge is -2.30. The number of hydrogen-bond donors (Lipinski definition) is 1. The van der Waals surface area contributed by atoms with Crippen molar-refractivity contribution in [2.75, 3.05) is 0 Å². The highest BCUT2D eigenvalue weighted by molar-refractivity contribution is 7.92. The zero-order valence-corrected chi connectivity index (χ0v) is 15.1. The van der Waals surface area contributed by atoms with Crippen LogP contribution in [0.15, 0.2) is 4.52 Å². The predicted molar refractivity (Wildman–Crippen MR) is 87.6 cm³/mol. The normalized spacial score (nSPS) is 23.5. The average Bonchev–Trinajstić information content (AvgIpc) is 2.80. The Bertz CT molecular complexity index is 646. The van der Waals surface area contributed by atoms with Crippen molar-refractivity contribution in [3.63, 3.8) is 0 Å². The number of aromatic nitrogens is 1. The molecule has 6 nitrogen and oxygen atoms in total. The summed E-state index contributed by atoms with van der Waals surface area (Å²) >= 11 is 0. The molecule has 1 amide bonds.